The number of fused-ring (bicyclic) bond motifs is 1. The molecule has 128 valence electrons. The number of carbonyl (C=O) groups is 1. The van der Waals surface area contributed by atoms with Crippen LogP contribution in [0.3, 0.4) is 0 Å². The van der Waals surface area contributed by atoms with E-state index in [9.17, 15) is 18.7 Å². The molecule has 2 unspecified atom stereocenters. The van der Waals surface area contributed by atoms with E-state index in [-0.39, 0.29) is 24.4 Å². The molecule has 25 heavy (non-hydrogen) atoms. The van der Waals surface area contributed by atoms with Crippen molar-refractivity contribution in [1.29, 1.82) is 0 Å². The Morgan fingerprint density at radius 3 is 2.92 bits per heavy atom. The van der Waals surface area contributed by atoms with Gasteiger partial charge >= 0.3 is 0 Å². The highest BCUT2D eigenvalue weighted by Gasteiger charge is 2.37. The zero-order valence-corrected chi connectivity index (χ0v) is 13.0. The summed E-state index contributed by atoms with van der Waals surface area (Å²) in [6.45, 7) is 0.0552. The van der Waals surface area contributed by atoms with Gasteiger partial charge in [0.25, 0.3) is 5.91 Å². The van der Waals surface area contributed by atoms with Crippen molar-refractivity contribution in [3.05, 3.63) is 65.6 Å². The molecule has 1 fully saturated rings. The number of nitrogens with zero attached hydrogens (tertiary/aromatic N) is 4. The van der Waals surface area contributed by atoms with Crippen LogP contribution in [0.1, 0.15) is 28.4 Å². The van der Waals surface area contributed by atoms with Gasteiger partial charge in [-0.2, -0.15) is 0 Å². The lowest BCUT2D eigenvalue weighted by atomic mass is 10.0. The van der Waals surface area contributed by atoms with E-state index in [1.54, 1.807) is 22.7 Å². The van der Waals surface area contributed by atoms with E-state index >= 15 is 0 Å². The number of halogens is 2. The Kier molecular flexibility index (Phi) is 3.69. The van der Waals surface area contributed by atoms with Crippen molar-refractivity contribution < 1.29 is 18.7 Å². The van der Waals surface area contributed by atoms with Crippen LogP contribution >= 0.6 is 0 Å². The number of β-amino-alcohol motifs (C(OH)–C–C–N with tert-alkyl or cyclic N) is 1. The van der Waals surface area contributed by atoms with Gasteiger partial charge < -0.3 is 10.0 Å². The van der Waals surface area contributed by atoms with Crippen LogP contribution in [0.4, 0.5) is 8.78 Å². The summed E-state index contributed by atoms with van der Waals surface area (Å²) in [4.78, 5) is 14.3. The monoisotopic (exact) mass is 344 g/mol. The number of aromatic nitrogens is 3. The number of rotatable bonds is 2. The molecule has 0 bridgehead atoms. The van der Waals surface area contributed by atoms with Gasteiger partial charge in [-0.15, -0.1) is 10.2 Å². The van der Waals surface area contributed by atoms with Crippen molar-refractivity contribution in [2.75, 3.05) is 6.54 Å². The van der Waals surface area contributed by atoms with Crippen LogP contribution < -0.4 is 0 Å². The number of aliphatic hydroxyl groups is 1. The molecule has 0 aliphatic carbocycles. The first kappa shape index (κ1) is 15.6. The summed E-state index contributed by atoms with van der Waals surface area (Å²) in [6.07, 6.45) is 2.40. The Bertz CT molecular complexity index is 959. The first-order valence-corrected chi connectivity index (χ1v) is 7.76. The number of hydrogen-bond donors (Lipinski definition) is 1. The van der Waals surface area contributed by atoms with Gasteiger partial charge in [0.1, 0.15) is 18.0 Å². The van der Waals surface area contributed by atoms with Crippen LogP contribution in [0.5, 0.6) is 0 Å². The van der Waals surface area contributed by atoms with Gasteiger partial charge in [0.05, 0.1) is 17.7 Å². The molecule has 1 aliphatic rings. The third kappa shape index (κ3) is 2.74. The summed E-state index contributed by atoms with van der Waals surface area (Å²) in [5, 5.41) is 17.6. The molecule has 3 heterocycles. The molecule has 1 amide bonds. The first-order valence-electron chi connectivity index (χ1n) is 7.76. The fraction of sp³-hybridized carbons (Fsp3) is 0.235. The average Bonchev–Trinajstić information content (AvgIpc) is 3.22. The third-order valence-corrected chi connectivity index (χ3v) is 4.39. The molecule has 3 aromatic rings. The molecule has 1 aliphatic heterocycles. The molecule has 2 atom stereocenters. The summed E-state index contributed by atoms with van der Waals surface area (Å²) in [5.74, 6) is -1.57. The van der Waals surface area contributed by atoms with Crippen LogP contribution in [-0.4, -0.2) is 43.2 Å². The lowest BCUT2D eigenvalue weighted by Gasteiger charge is -2.25. The van der Waals surface area contributed by atoms with Crippen molar-refractivity contribution >= 4 is 11.6 Å². The van der Waals surface area contributed by atoms with Gasteiger partial charge in [-0.1, -0.05) is 0 Å². The summed E-state index contributed by atoms with van der Waals surface area (Å²) in [7, 11) is 0. The van der Waals surface area contributed by atoms with Crippen molar-refractivity contribution in [2.24, 2.45) is 0 Å². The van der Waals surface area contributed by atoms with E-state index in [0.29, 0.717) is 11.2 Å². The van der Waals surface area contributed by atoms with Crippen molar-refractivity contribution in [3.63, 3.8) is 0 Å². The number of hydrogen-bond acceptors (Lipinski definition) is 4. The van der Waals surface area contributed by atoms with Crippen LogP contribution in [0.25, 0.3) is 5.65 Å². The number of aliphatic hydroxyl groups excluding tert-OH is 1. The zero-order chi connectivity index (χ0) is 17.6. The maximum absolute atomic E-state index is 14.1. The summed E-state index contributed by atoms with van der Waals surface area (Å²) < 4.78 is 29.3. The highest BCUT2D eigenvalue weighted by molar-refractivity contribution is 5.94. The lowest BCUT2D eigenvalue weighted by Crippen LogP contribution is -2.32. The van der Waals surface area contributed by atoms with E-state index in [4.69, 9.17) is 0 Å². The Labute approximate surface area is 141 Å². The molecule has 0 radical (unpaired) electrons. The number of carbonyl (C=O) groups excluding carboxylic acids is 1. The summed E-state index contributed by atoms with van der Waals surface area (Å²) >= 11 is 0. The Morgan fingerprint density at radius 2 is 2.08 bits per heavy atom. The minimum absolute atomic E-state index is 0.0552. The fourth-order valence-electron chi connectivity index (χ4n) is 3.22. The van der Waals surface area contributed by atoms with Crippen molar-refractivity contribution in [2.45, 2.75) is 18.6 Å². The fourth-order valence-corrected chi connectivity index (χ4v) is 3.22. The molecule has 2 aromatic heterocycles. The van der Waals surface area contributed by atoms with Crippen LogP contribution in [0, 0.1) is 11.6 Å². The maximum Gasteiger partial charge on any atom is 0.255 e. The molecule has 4 rings (SSSR count). The standard InChI is InChI=1S/C17H14F2N4O2/c18-11-2-3-14(19)13(5-11)15-6-12(24)8-23(15)17(25)10-1-4-16-21-20-9-22(16)7-10/h1-5,7,9,12,15,24H,6,8H2. The summed E-state index contributed by atoms with van der Waals surface area (Å²) in [6, 6.07) is 5.63. The first-order chi connectivity index (χ1) is 12.0. The second-order valence-corrected chi connectivity index (χ2v) is 6.04. The highest BCUT2D eigenvalue weighted by atomic mass is 19.1. The Balaban J connectivity index is 1.71. The van der Waals surface area contributed by atoms with Crippen LogP contribution in [0.15, 0.2) is 42.9 Å². The number of amides is 1. The van der Waals surface area contributed by atoms with Crippen LogP contribution in [0.2, 0.25) is 0 Å². The van der Waals surface area contributed by atoms with Gasteiger partial charge in [0.15, 0.2) is 5.65 Å². The maximum atomic E-state index is 14.1. The molecule has 0 spiro atoms. The molecule has 1 saturated heterocycles. The van der Waals surface area contributed by atoms with E-state index in [2.05, 4.69) is 10.2 Å². The smallest absolute Gasteiger partial charge is 0.255 e. The van der Waals surface area contributed by atoms with E-state index < -0.39 is 23.8 Å². The predicted molar refractivity (Wildman–Crippen MR) is 83.7 cm³/mol. The molecule has 8 heteroatoms. The lowest BCUT2D eigenvalue weighted by molar-refractivity contribution is 0.0713. The Morgan fingerprint density at radius 1 is 1.24 bits per heavy atom. The summed E-state index contributed by atoms with van der Waals surface area (Å²) in [5.41, 5.74) is 1.00. The SMILES string of the molecule is O=C(c1ccc2nncn2c1)N1CC(O)CC1c1cc(F)ccc1F. The highest BCUT2D eigenvalue weighted by Crippen LogP contribution is 2.35. The normalized spacial score (nSPS) is 20.4. The zero-order valence-electron chi connectivity index (χ0n) is 13.0. The predicted octanol–water partition coefficient (Wildman–Crippen LogP) is 1.96. The van der Waals surface area contributed by atoms with E-state index in [1.807, 2.05) is 0 Å². The van der Waals surface area contributed by atoms with Gasteiger partial charge in [-0.3, -0.25) is 9.20 Å². The van der Waals surface area contributed by atoms with Crippen molar-refractivity contribution in [1.82, 2.24) is 19.5 Å². The van der Waals surface area contributed by atoms with Gasteiger partial charge in [0, 0.05) is 18.3 Å². The molecular formula is C17H14F2N4O2. The van der Waals surface area contributed by atoms with Crippen molar-refractivity contribution in [3.8, 4) is 0 Å². The van der Waals surface area contributed by atoms with Gasteiger partial charge in [-0.05, 0) is 36.8 Å². The van der Waals surface area contributed by atoms with E-state index in [1.165, 1.54) is 11.2 Å². The van der Waals surface area contributed by atoms with Gasteiger partial charge in [-0.25, -0.2) is 8.78 Å². The second-order valence-electron chi connectivity index (χ2n) is 6.04. The minimum Gasteiger partial charge on any atom is -0.391 e. The molecule has 6 nitrogen and oxygen atoms in total. The van der Waals surface area contributed by atoms with Gasteiger partial charge in [0.2, 0.25) is 0 Å². The second kappa shape index (κ2) is 5.89. The third-order valence-electron chi connectivity index (χ3n) is 4.39. The Hall–Kier alpha value is -2.87. The number of benzene rings is 1. The molecule has 0 saturated carbocycles. The molecular weight excluding hydrogens is 330 g/mol. The molecule has 1 aromatic carbocycles. The topological polar surface area (TPSA) is 70.7 Å². The molecule has 1 N–H and O–H groups in total. The number of pyridine rings is 1. The minimum atomic E-state index is -0.796. The van der Waals surface area contributed by atoms with E-state index in [0.717, 1.165) is 18.2 Å². The number of likely N-dealkylation sites (tertiary alicyclic amines) is 1. The largest absolute Gasteiger partial charge is 0.391 e. The average molecular weight is 344 g/mol. The quantitative estimate of drug-likeness (QED) is 0.771. The van der Waals surface area contributed by atoms with Crippen LogP contribution in [-0.2, 0) is 0 Å².